The molecule has 0 saturated heterocycles. The molecule has 4 heteroatoms. The van der Waals surface area contributed by atoms with Crippen LogP contribution in [0.4, 0.5) is 0 Å². The summed E-state index contributed by atoms with van der Waals surface area (Å²) in [7, 11) is 3.19. The highest BCUT2D eigenvalue weighted by Gasteiger charge is 2.12. The van der Waals surface area contributed by atoms with Crippen molar-refractivity contribution in [3.05, 3.63) is 29.8 Å². The maximum absolute atomic E-state index is 11.2. The van der Waals surface area contributed by atoms with Gasteiger partial charge in [0.05, 0.1) is 13.2 Å². The number of ether oxygens (including phenoxy) is 1. The van der Waals surface area contributed by atoms with E-state index in [-0.39, 0.29) is 5.91 Å². The lowest BCUT2D eigenvalue weighted by molar-refractivity contribution is -0.121. The van der Waals surface area contributed by atoms with Gasteiger partial charge in [-0.05, 0) is 24.1 Å². The summed E-state index contributed by atoms with van der Waals surface area (Å²) in [6, 6.07) is 7.02. The predicted octanol–water partition coefficient (Wildman–Crippen LogP) is 0.311. The van der Waals surface area contributed by atoms with Crippen LogP contribution < -0.4 is 15.8 Å². The minimum Gasteiger partial charge on any atom is -0.497 e. The molecule has 0 heterocycles. The number of benzene rings is 1. The fourth-order valence-corrected chi connectivity index (χ4v) is 1.33. The number of likely N-dealkylation sites (N-methyl/N-ethyl adjacent to an activating group) is 1. The number of nitrogens with two attached hydrogens (primary N) is 1. The molecule has 1 atom stereocenters. The molecule has 1 unspecified atom stereocenters. The molecule has 0 aliphatic carbocycles. The lowest BCUT2D eigenvalue weighted by atomic mass is 10.1. The van der Waals surface area contributed by atoms with Gasteiger partial charge in [0.2, 0.25) is 5.91 Å². The van der Waals surface area contributed by atoms with E-state index < -0.39 is 6.04 Å². The third-order valence-corrected chi connectivity index (χ3v) is 2.17. The molecule has 15 heavy (non-hydrogen) atoms. The average Bonchev–Trinajstić information content (AvgIpc) is 2.28. The lowest BCUT2D eigenvalue weighted by Crippen LogP contribution is -2.40. The van der Waals surface area contributed by atoms with E-state index in [1.54, 1.807) is 14.2 Å². The van der Waals surface area contributed by atoms with Crippen molar-refractivity contribution < 1.29 is 9.53 Å². The lowest BCUT2D eigenvalue weighted by Gasteiger charge is -2.10. The van der Waals surface area contributed by atoms with Gasteiger partial charge in [-0.15, -0.1) is 0 Å². The zero-order valence-corrected chi connectivity index (χ0v) is 8.99. The second-order valence-corrected chi connectivity index (χ2v) is 3.28. The Kier molecular flexibility index (Phi) is 4.12. The largest absolute Gasteiger partial charge is 0.497 e. The summed E-state index contributed by atoms with van der Waals surface area (Å²) >= 11 is 0. The smallest absolute Gasteiger partial charge is 0.237 e. The molecule has 0 radical (unpaired) electrons. The van der Waals surface area contributed by atoms with Crippen LogP contribution in [0.25, 0.3) is 0 Å². The van der Waals surface area contributed by atoms with Crippen LogP contribution >= 0.6 is 0 Å². The van der Waals surface area contributed by atoms with Crippen molar-refractivity contribution in [1.29, 1.82) is 0 Å². The van der Waals surface area contributed by atoms with Gasteiger partial charge in [-0.1, -0.05) is 12.1 Å². The molecule has 3 N–H and O–H groups in total. The summed E-state index contributed by atoms with van der Waals surface area (Å²) < 4.78 is 5.08. The van der Waals surface area contributed by atoms with Gasteiger partial charge in [-0.3, -0.25) is 4.79 Å². The van der Waals surface area contributed by atoms with Crippen molar-refractivity contribution in [3.63, 3.8) is 0 Å². The van der Waals surface area contributed by atoms with Gasteiger partial charge in [-0.2, -0.15) is 0 Å². The molecular weight excluding hydrogens is 192 g/mol. The van der Waals surface area contributed by atoms with E-state index in [2.05, 4.69) is 5.32 Å². The van der Waals surface area contributed by atoms with Gasteiger partial charge in [-0.25, -0.2) is 0 Å². The van der Waals surface area contributed by atoms with E-state index >= 15 is 0 Å². The molecule has 4 nitrogen and oxygen atoms in total. The second kappa shape index (κ2) is 5.36. The third-order valence-electron chi connectivity index (χ3n) is 2.17. The molecule has 0 spiro atoms. The number of carbonyl (C=O) groups is 1. The Balaban J connectivity index is 2.67. The Bertz CT molecular complexity index is 339. The van der Waals surface area contributed by atoms with E-state index in [0.717, 1.165) is 11.3 Å². The van der Waals surface area contributed by atoms with E-state index in [9.17, 15) is 4.79 Å². The Hall–Kier alpha value is -1.55. The number of carbonyl (C=O) groups excluding carboxylic acids is 1. The molecule has 0 aromatic heterocycles. The zero-order valence-electron chi connectivity index (χ0n) is 8.99. The third kappa shape index (κ3) is 3.25. The van der Waals surface area contributed by atoms with Crippen molar-refractivity contribution in [3.8, 4) is 5.75 Å². The molecule has 1 aromatic carbocycles. The molecule has 1 amide bonds. The summed E-state index contributed by atoms with van der Waals surface area (Å²) in [4.78, 5) is 11.2. The first-order chi connectivity index (χ1) is 7.17. The fourth-order valence-electron chi connectivity index (χ4n) is 1.33. The van der Waals surface area contributed by atoms with Gasteiger partial charge in [0.1, 0.15) is 5.75 Å². The van der Waals surface area contributed by atoms with Crippen LogP contribution in [0.5, 0.6) is 5.75 Å². The van der Waals surface area contributed by atoms with Crippen LogP contribution in [0, 0.1) is 0 Å². The number of hydrogen-bond donors (Lipinski definition) is 2. The van der Waals surface area contributed by atoms with Crippen molar-refractivity contribution in [1.82, 2.24) is 5.32 Å². The first kappa shape index (κ1) is 11.5. The van der Waals surface area contributed by atoms with Crippen LogP contribution in [0.2, 0.25) is 0 Å². The van der Waals surface area contributed by atoms with Crippen molar-refractivity contribution in [2.24, 2.45) is 5.73 Å². The standard InChI is InChI=1S/C11H16N2O2/c1-13-11(14)10(12)7-8-4-3-5-9(6-8)15-2/h3-6,10H,7,12H2,1-2H3,(H,13,14). The Morgan fingerprint density at radius 3 is 2.93 bits per heavy atom. The van der Waals surface area contributed by atoms with E-state index in [1.165, 1.54) is 0 Å². The molecule has 0 fully saturated rings. The summed E-state index contributed by atoms with van der Waals surface area (Å²) in [6.07, 6.45) is 0.511. The highest BCUT2D eigenvalue weighted by Crippen LogP contribution is 2.13. The molecule has 82 valence electrons. The molecule has 0 aliphatic rings. The zero-order chi connectivity index (χ0) is 11.3. The van der Waals surface area contributed by atoms with Crippen molar-refractivity contribution in [2.75, 3.05) is 14.2 Å². The molecular formula is C11H16N2O2. The second-order valence-electron chi connectivity index (χ2n) is 3.28. The van der Waals surface area contributed by atoms with Crippen molar-refractivity contribution >= 4 is 5.91 Å². The summed E-state index contributed by atoms with van der Waals surface area (Å²) in [5, 5.41) is 2.52. The van der Waals surface area contributed by atoms with Gasteiger partial charge in [0.15, 0.2) is 0 Å². The molecule has 0 saturated carbocycles. The minimum atomic E-state index is -0.512. The quantitative estimate of drug-likeness (QED) is 0.748. The highest BCUT2D eigenvalue weighted by molar-refractivity contribution is 5.81. The van der Waals surface area contributed by atoms with Gasteiger partial charge in [0.25, 0.3) is 0 Å². The SMILES string of the molecule is CNC(=O)C(N)Cc1cccc(OC)c1. The normalized spacial score (nSPS) is 11.9. The number of amides is 1. The van der Waals surface area contributed by atoms with E-state index in [1.807, 2.05) is 24.3 Å². The van der Waals surface area contributed by atoms with Gasteiger partial charge in [0, 0.05) is 7.05 Å². The highest BCUT2D eigenvalue weighted by atomic mass is 16.5. The summed E-state index contributed by atoms with van der Waals surface area (Å²) in [5.41, 5.74) is 6.69. The average molecular weight is 208 g/mol. The maximum atomic E-state index is 11.2. The monoisotopic (exact) mass is 208 g/mol. The van der Waals surface area contributed by atoms with Crippen LogP contribution in [0.3, 0.4) is 0 Å². The number of hydrogen-bond acceptors (Lipinski definition) is 3. The van der Waals surface area contributed by atoms with Gasteiger partial charge >= 0.3 is 0 Å². The first-order valence-electron chi connectivity index (χ1n) is 4.77. The first-order valence-corrected chi connectivity index (χ1v) is 4.77. The van der Waals surface area contributed by atoms with Crippen LogP contribution in [-0.2, 0) is 11.2 Å². The van der Waals surface area contributed by atoms with E-state index in [0.29, 0.717) is 6.42 Å². The number of methoxy groups -OCH3 is 1. The Labute approximate surface area is 89.4 Å². The topological polar surface area (TPSA) is 64.4 Å². The molecule has 1 aromatic rings. The van der Waals surface area contributed by atoms with Crippen LogP contribution in [-0.4, -0.2) is 26.1 Å². The van der Waals surface area contributed by atoms with Crippen LogP contribution in [0.1, 0.15) is 5.56 Å². The van der Waals surface area contributed by atoms with Crippen LogP contribution in [0.15, 0.2) is 24.3 Å². The fraction of sp³-hybridized carbons (Fsp3) is 0.364. The summed E-state index contributed by atoms with van der Waals surface area (Å²) in [6.45, 7) is 0. The minimum absolute atomic E-state index is 0.155. The Morgan fingerprint density at radius 2 is 2.33 bits per heavy atom. The van der Waals surface area contributed by atoms with E-state index in [4.69, 9.17) is 10.5 Å². The Morgan fingerprint density at radius 1 is 1.60 bits per heavy atom. The number of nitrogens with one attached hydrogen (secondary N) is 1. The van der Waals surface area contributed by atoms with Crippen molar-refractivity contribution in [2.45, 2.75) is 12.5 Å². The maximum Gasteiger partial charge on any atom is 0.237 e. The van der Waals surface area contributed by atoms with Gasteiger partial charge < -0.3 is 15.8 Å². The molecule has 0 aliphatic heterocycles. The predicted molar refractivity (Wildman–Crippen MR) is 58.7 cm³/mol. The molecule has 0 bridgehead atoms. The summed E-state index contributed by atoms with van der Waals surface area (Å²) in [5.74, 6) is 0.620. The molecule has 1 rings (SSSR count). The number of rotatable bonds is 4.